The van der Waals surface area contributed by atoms with E-state index >= 15 is 0 Å². The summed E-state index contributed by atoms with van der Waals surface area (Å²) in [6, 6.07) is 5.96. The lowest BCUT2D eigenvalue weighted by Gasteiger charge is -2.25. The first-order valence-corrected chi connectivity index (χ1v) is 7.87. The van der Waals surface area contributed by atoms with Crippen LogP contribution in [0.25, 0.3) is 11.3 Å². The van der Waals surface area contributed by atoms with Crippen molar-refractivity contribution in [2.45, 2.75) is 25.0 Å². The van der Waals surface area contributed by atoms with E-state index in [1.165, 1.54) is 18.3 Å². The van der Waals surface area contributed by atoms with Gasteiger partial charge in [0.25, 0.3) is 5.91 Å². The Morgan fingerprint density at radius 2 is 2.21 bits per heavy atom. The zero-order valence-electron chi connectivity index (χ0n) is 12.7. The normalized spacial score (nSPS) is 20.6. The highest BCUT2D eigenvalue weighted by molar-refractivity contribution is 6.30. The molecule has 3 N–H and O–H groups in total. The second-order valence-electron chi connectivity index (χ2n) is 5.54. The van der Waals surface area contributed by atoms with Gasteiger partial charge in [-0.05, 0) is 31.0 Å². The van der Waals surface area contributed by atoms with E-state index in [2.05, 4.69) is 15.3 Å². The van der Waals surface area contributed by atoms with E-state index in [1.807, 2.05) is 0 Å². The lowest BCUT2D eigenvalue weighted by molar-refractivity contribution is -0.130. The molecule has 1 amide bonds. The second kappa shape index (κ2) is 7.21. The van der Waals surface area contributed by atoms with Crippen molar-refractivity contribution in [3.63, 3.8) is 0 Å². The van der Waals surface area contributed by atoms with Crippen LogP contribution >= 0.6 is 11.6 Å². The number of nitrogens with one attached hydrogen (secondary N) is 1. The number of aromatic nitrogens is 2. The topological polar surface area (TPSA) is 90.1 Å². The van der Waals surface area contributed by atoms with Crippen LogP contribution in [0.3, 0.4) is 0 Å². The second-order valence-corrected chi connectivity index (χ2v) is 5.95. The number of benzene rings is 1. The molecule has 1 saturated heterocycles. The summed E-state index contributed by atoms with van der Waals surface area (Å²) in [6.07, 6.45) is 2.20. The molecule has 1 aromatic heterocycles. The molecule has 1 aromatic carbocycles. The van der Waals surface area contributed by atoms with Crippen LogP contribution in [0, 0.1) is 5.82 Å². The number of nitrogens with zero attached hydrogens (tertiary/aromatic N) is 2. The zero-order chi connectivity index (χ0) is 17.1. The monoisotopic (exact) mass is 350 g/mol. The molecule has 2 heterocycles. The SMILES string of the molecule is N[C@@H]1CC[C@H](C(=O)Nc2nccc(-c3ccc(Cl)c(F)c3)n2)OC1. The third-order valence-corrected chi connectivity index (χ3v) is 4.02. The van der Waals surface area contributed by atoms with Gasteiger partial charge < -0.3 is 10.5 Å². The molecule has 1 aliphatic rings. The van der Waals surface area contributed by atoms with Gasteiger partial charge in [-0.2, -0.15) is 0 Å². The van der Waals surface area contributed by atoms with Crippen LogP contribution in [-0.4, -0.2) is 34.6 Å². The number of amides is 1. The van der Waals surface area contributed by atoms with Crippen molar-refractivity contribution in [3.05, 3.63) is 41.3 Å². The number of carbonyl (C=O) groups is 1. The number of rotatable bonds is 3. The molecular weight excluding hydrogens is 335 g/mol. The smallest absolute Gasteiger partial charge is 0.255 e. The van der Waals surface area contributed by atoms with Crippen molar-refractivity contribution in [1.82, 2.24) is 9.97 Å². The van der Waals surface area contributed by atoms with E-state index in [1.54, 1.807) is 12.1 Å². The van der Waals surface area contributed by atoms with Gasteiger partial charge >= 0.3 is 0 Å². The lowest BCUT2D eigenvalue weighted by Crippen LogP contribution is -2.41. The maximum atomic E-state index is 13.6. The van der Waals surface area contributed by atoms with Crippen molar-refractivity contribution in [2.75, 3.05) is 11.9 Å². The number of hydrogen-bond acceptors (Lipinski definition) is 5. The van der Waals surface area contributed by atoms with Crippen molar-refractivity contribution in [1.29, 1.82) is 0 Å². The molecule has 0 bridgehead atoms. The molecule has 6 nitrogen and oxygen atoms in total. The predicted octanol–water partition coefficient (Wildman–Crippen LogP) is 2.38. The lowest BCUT2D eigenvalue weighted by atomic mass is 10.1. The van der Waals surface area contributed by atoms with Gasteiger partial charge in [-0.15, -0.1) is 0 Å². The van der Waals surface area contributed by atoms with Gasteiger partial charge in [-0.1, -0.05) is 17.7 Å². The Hall–Kier alpha value is -2.09. The molecule has 0 aliphatic carbocycles. The number of carbonyl (C=O) groups excluding carboxylic acids is 1. The summed E-state index contributed by atoms with van der Waals surface area (Å²) >= 11 is 5.68. The summed E-state index contributed by atoms with van der Waals surface area (Å²) < 4.78 is 19.0. The maximum absolute atomic E-state index is 13.6. The third kappa shape index (κ3) is 3.87. The minimum Gasteiger partial charge on any atom is -0.367 e. The minimum atomic E-state index is -0.565. The molecule has 8 heteroatoms. The molecule has 0 spiro atoms. The fraction of sp³-hybridized carbons (Fsp3) is 0.312. The van der Waals surface area contributed by atoms with E-state index < -0.39 is 11.9 Å². The van der Waals surface area contributed by atoms with Crippen molar-refractivity contribution < 1.29 is 13.9 Å². The van der Waals surface area contributed by atoms with E-state index in [4.69, 9.17) is 22.1 Å². The van der Waals surface area contributed by atoms with Gasteiger partial charge in [-0.3, -0.25) is 10.1 Å². The number of hydrogen-bond donors (Lipinski definition) is 2. The van der Waals surface area contributed by atoms with Crippen LogP contribution < -0.4 is 11.1 Å². The summed E-state index contributed by atoms with van der Waals surface area (Å²) in [5, 5.41) is 2.65. The van der Waals surface area contributed by atoms with Crippen molar-refractivity contribution in [2.24, 2.45) is 5.73 Å². The molecule has 1 fully saturated rings. The highest BCUT2D eigenvalue weighted by Crippen LogP contribution is 2.23. The number of halogens is 2. The molecule has 0 saturated carbocycles. The highest BCUT2D eigenvalue weighted by atomic mass is 35.5. The van der Waals surface area contributed by atoms with Crippen LogP contribution in [-0.2, 0) is 9.53 Å². The molecule has 126 valence electrons. The molecule has 0 unspecified atom stereocenters. The third-order valence-electron chi connectivity index (χ3n) is 3.71. The zero-order valence-corrected chi connectivity index (χ0v) is 13.5. The first kappa shape index (κ1) is 16.8. The molecule has 2 aromatic rings. The van der Waals surface area contributed by atoms with Crippen LogP contribution in [0.5, 0.6) is 0 Å². The molecule has 24 heavy (non-hydrogen) atoms. The average Bonchev–Trinajstić information content (AvgIpc) is 2.58. The van der Waals surface area contributed by atoms with E-state index in [0.29, 0.717) is 24.3 Å². The molecule has 1 aliphatic heterocycles. The number of ether oxygens (including phenoxy) is 1. The van der Waals surface area contributed by atoms with Gasteiger partial charge in [0, 0.05) is 17.8 Å². The van der Waals surface area contributed by atoms with Crippen LogP contribution in [0.4, 0.5) is 10.3 Å². The van der Waals surface area contributed by atoms with Crippen LogP contribution in [0.2, 0.25) is 5.02 Å². The Bertz CT molecular complexity index is 751. The Kier molecular flexibility index (Phi) is 5.03. The van der Waals surface area contributed by atoms with E-state index in [-0.39, 0.29) is 22.9 Å². The van der Waals surface area contributed by atoms with Gasteiger partial charge in [0.05, 0.1) is 17.3 Å². The fourth-order valence-electron chi connectivity index (χ4n) is 2.40. The molecular formula is C16H16ClFN4O2. The molecule has 3 rings (SSSR count). The minimum absolute atomic E-state index is 0.0339. The summed E-state index contributed by atoms with van der Waals surface area (Å²) in [5.74, 6) is -0.724. The summed E-state index contributed by atoms with van der Waals surface area (Å²) in [7, 11) is 0. The Morgan fingerprint density at radius 3 is 2.92 bits per heavy atom. The highest BCUT2D eigenvalue weighted by Gasteiger charge is 2.25. The van der Waals surface area contributed by atoms with E-state index in [0.717, 1.165) is 6.42 Å². The maximum Gasteiger partial charge on any atom is 0.255 e. The fourth-order valence-corrected chi connectivity index (χ4v) is 2.52. The van der Waals surface area contributed by atoms with Crippen molar-refractivity contribution in [3.8, 4) is 11.3 Å². The summed E-state index contributed by atoms with van der Waals surface area (Å²) in [4.78, 5) is 20.4. The Balaban J connectivity index is 1.73. The quantitative estimate of drug-likeness (QED) is 0.887. The van der Waals surface area contributed by atoms with Crippen LogP contribution in [0.1, 0.15) is 12.8 Å². The standard InChI is InChI=1S/C16H16ClFN4O2/c17-11-3-1-9(7-12(11)18)13-5-6-20-16(21-13)22-15(23)14-4-2-10(19)8-24-14/h1,3,5-7,10,14H,2,4,8,19H2,(H,20,21,22,23)/t10-,14-/m1/s1. The molecule has 0 radical (unpaired) electrons. The first-order valence-electron chi connectivity index (χ1n) is 7.49. The van der Waals surface area contributed by atoms with Gasteiger partial charge in [0.1, 0.15) is 11.9 Å². The van der Waals surface area contributed by atoms with Gasteiger partial charge in [0.2, 0.25) is 5.95 Å². The van der Waals surface area contributed by atoms with E-state index in [9.17, 15) is 9.18 Å². The summed E-state index contributed by atoms with van der Waals surface area (Å²) in [6.45, 7) is 0.350. The van der Waals surface area contributed by atoms with Gasteiger partial charge in [-0.25, -0.2) is 14.4 Å². The largest absolute Gasteiger partial charge is 0.367 e. The Morgan fingerprint density at radius 1 is 1.38 bits per heavy atom. The first-order chi connectivity index (χ1) is 11.5. The van der Waals surface area contributed by atoms with Crippen molar-refractivity contribution >= 4 is 23.5 Å². The number of anilines is 1. The number of nitrogens with two attached hydrogens (primary N) is 1. The Labute approximate surface area is 143 Å². The predicted molar refractivity (Wildman–Crippen MR) is 88.0 cm³/mol. The van der Waals surface area contributed by atoms with Crippen LogP contribution in [0.15, 0.2) is 30.5 Å². The molecule has 2 atom stereocenters. The summed E-state index contributed by atoms with van der Waals surface area (Å²) in [5.41, 5.74) is 6.75. The van der Waals surface area contributed by atoms with Gasteiger partial charge in [0.15, 0.2) is 0 Å². The average molecular weight is 351 g/mol.